The van der Waals surface area contributed by atoms with E-state index in [0.717, 1.165) is 0 Å². The summed E-state index contributed by atoms with van der Waals surface area (Å²) < 4.78 is 8.55. The Labute approximate surface area is 274 Å². The molecule has 0 amide bonds. The number of hydrogen-bond donors (Lipinski definition) is 10. The normalized spacial score (nSPS) is 16.8. The Morgan fingerprint density at radius 1 is 0.600 bits per heavy atom. The molecule has 0 aromatic carbocycles. The number of aliphatic hydroxyl groups is 10. The second-order valence-electron chi connectivity index (χ2n) is 5.44. The minimum absolute atomic E-state index is 0. The van der Waals surface area contributed by atoms with E-state index in [1.165, 1.54) is 0 Å². The Bertz CT molecular complexity index is 527. The molecule has 0 aromatic rings. The van der Waals surface area contributed by atoms with E-state index in [1.807, 2.05) is 0 Å². The van der Waals surface area contributed by atoms with Gasteiger partial charge in [-0.05, 0) is 0 Å². The molecule has 35 heavy (non-hydrogen) atoms. The van der Waals surface area contributed by atoms with Crippen molar-refractivity contribution in [3.05, 3.63) is 0 Å². The maximum absolute atomic E-state index is 9.98. The first-order chi connectivity index (χ1) is 13.8. The number of phosphoric acid groups is 1. The van der Waals surface area contributed by atoms with Crippen molar-refractivity contribution < 1.29 is 196 Å². The third-order valence-electron chi connectivity index (χ3n) is 2.99. The van der Waals surface area contributed by atoms with Crippen molar-refractivity contribution in [3.8, 4) is 0 Å². The first-order valence-electron chi connectivity index (χ1n) is 7.64. The van der Waals surface area contributed by atoms with Crippen LogP contribution in [0, 0.1) is 0 Å². The van der Waals surface area contributed by atoms with Gasteiger partial charge < -0.3 is 90.1 Å². The zero-order valence-electron chi connectivity index (χ0n) is 18.6. The summed E-state index contributed by atoms with van der Waals surface area (Å²) in [5, 5.41) is 107. The van der Waals surface area contributed by atoms with Crippen molar-refractivity contribution in [2.75, 3.05) is 13.2 Å². The van der Waals surface area contributed by atoms with Crippen molar-refractivity contribution in [1.29, 1.82) is 0 Å². The summed E-state index contributed by atoms with van der Waals surface area (Å²) in [6, 6.07) is 0. The molecule has 0 unspecified atom stereocenters. The Kier molecular flexibility index (Phi) is 42.3. The zero-order chi connectivity index (χ0) is 25.7. The molecule has 0 aliphatic heterocycles. The smallest absolute Gasteiger partial charge is 0.822 e. The second-order valence-corrected chi connectivity index (χ2v) is 6.33. The number of carboxylic acids is 2. The summed E-state index contributed by atoms with van der Waals surface area (Å²) in [4.78, 5) is 45.6. The van der Waals surface area contributed by atoms with Crippen LogP contribution in [-0.4, -0.2) is 125 Å². The van der Waals surface area contributed by atoms with Gasteiger partial charge in [0.05, 0.1) is 25.2 Å². The van der Waals surface area contributed by atoms with Crippen LogP contribution < -0.4 is 114 Å². The number of aliphatic hydroxyl groups excluding tert-OH is 10. The molecule has 0 aromatic heterocycles. The summed E-state index contributed by atoms with van der Waals surface area (Å²) in [6.07, 6.45) is -16.2. The molecule has 0 spiro atoms. The van der Waals surface area contributed by atoms with E-state index < -0.39 is 81.8 Å². The summed E-state index contributed by atoms with van der Waals surface area (Å²) in [7, 11) is -5.39. The van der Waals surface area contributed by atoms with Crippen molar-refractivity contribution >= 4 is 19.8 Å². The number of carbonyl (C=O) groups excluding carboxylic acids is 2. The van der Waals surface area contributed by atoms with Crippen LogP contribution in [-0.2, 0) is 31.2 Å². The molecular weight excluding hydrogens is 588 g/mol. The SMILES string of the molecule is O=C([O-])[C@H](O)[C@@H](O)[C@H](O)[C@H](O)CO.O=C([O-])[C@H](O)[C@@H](O)[C@H](O)[C@H](O)CO.O=P([O-])([O-])[O-].[Fe+2].[Na+].[Na+].[Na+]. The molecule has 0 aliphatic rings. The van der Waals surface area contributed by atoms with Crippen LogP contribution in [0.5, 0.6) is 0 Å². The quantitative estimate of drug-likeness (QED) is 0.0810. The Balaban J connectivity index is -0.0000000686. The third-order valence-corrected chi connectivity index (χ3v) is 2.99. The van der Waals surface area contributed by atoms with Gasteiger partial charge in [0.1, 0.15) is 48.8 Å². The first kappa shape index (κ1) is 53.4. The maximum atomic E-state index is 9.98. The van der Waals surface area contributed by atoms with Gasteiger partial charge in [0.25, 0.3) is 0 Å². The summed E-state index contributed by atoms with van der Waals surface area (Å²) in [5.41, 5.74) is 0. The van der Waals surface area contributed by atoms with E-state index in [4.69, 9.17) is 70.3 Å². The van der Waals surface area contributed by atoms with E-state index in [2.05, 4.69) is 0 Å². The number of aliphatic carboxylic acids is 2. The Hall–Kier alpha value is 2.17. The summed E-state index contributed by atoms with van der Waals surface area (Å²) in [5.74, 6) is -3.95. The predicted molar refractivity (Wildman–Crippen MR) is 79.8 cm³/mol. The number of rotatable bonds is 10. The van der Waals surface area contributed by atoms with E-state index in [9.17, 15) is 19.8 Å². The minimum atomic E-state index is -5.39. The van der Waals surface area contributed by atoms with Gasteiger partial charge in [-0.3, -0.25) is 0 Å². The van der Waals surface area contributed by atoms with Gasteiger partial charge in [-0.25, -0.2) is 0 Å². The first-order valence-corrected chi connectivity index (χ1v) is 9.10. The van der Waals surface area contributed by atoms with Gasteiger partial charge in [0.15, 0.2) is 0 Å². The van der Waals surface area contributed by atoms with Crippen LogP contribution in [0.25, 0.3) is 0 Å². The molecule has 8 atom stereocenters. The average molecular weight is 610 g/mol. The fourth-order valence-corrected chi connectivity index (χ4v) is 1.32. The molecule has 10 N–H and O–H groups in total. The van der Waals surface area contributed by atoms with E-state index in [1.54, 1.807) is 0 Å². The third kappa shape index (κ3) is 29.0. The maximum Gasteiger partial charge on any atom is 2.00 e. The molecule has 0 radical (unpaired) electrons. The second kappa shape index (κ2) is 27.7. The van der Waals surface area contributed by atoms with E-state index >= 15 is 0 Å². The van der Waals surface area contributed by atoms with Crippen LogP contribution in [0.1, 0.15) is 0 Å². The molecule has 0 bridgehead atoms. The van der Waals surface area contributed by atoms with Gasteiger partial charge in [-0.15, -0.1) is 0 Å². The molecule has 0 saturated heterocycles. The minimum Gasteiger partial charge on any atom is -0.822 e. The molecule has 0 rings (SSSR count). The van der Waals surface area contributed by atoms with Gasteiger partial charge in [-0.2, -0.15) is 7.82 Å². The van der Waals surface area contributed by atoms with Gasteiger partial charge in [0, 0.05) is 0 Å². The van der Waals surface area contributed by atoms with E-state index in [0.29, 0.717) is 0 Å². The number of carboxylic acid groups (broad SMARTS) is 2. The largest absolute Gasteiger partial charge is 2.00 e. The van der Waals surface area contributed by atoms with Crippen molar-refractivity contribution in [2.24, 2.45) is 0 Å². The molecule has 194 valence electrons. The monoisotopic (exact) mass is 610 g/mol. The van der Waals surface area contributed by atoms with Gasteiger partial charge >= 0.3 is 106 Å². The van der Waals surface area contributed by atoms with Gasteiger partial charge in [0.2, 0.25) is 0 Å². The average Bonchev–Trinajstić information content (AvgIpc) is 2.67. The van der Waals surface area contributed by atoms with E-state index in [-0.39, 0.29) is 106 Å². The van der Waals surface area contributed by atoms with Crippen LogP contribution in [0.3, 0.4) is 0 Å². The van der Waals surface area contributed by atoms with Crippen LogP contribution >= 0.6 is 7.82 Å². The summed E-state index contributed by atoms with van der Waals surface area (Å²) in [6.45, 7) is -1.73. The molecule has 0 heterocycles. The zero-order valence-corrected chi connectivity index (χ0v) is 26.6. The molecular formula is C12H22FeNa3O18P. The Morgan fingerprint density at radius 2 is 0.771 bits per heavy atom. The van der Waals surface area contributed by atoms with Crippen molar-refractivity contribution in [1.82, 2.24) is 0 Å². The van der Waals surface area contributed by atoms with Crippen LogP contribution in [0.15, 0.2) is 0 Å². The number of carbonyl (C=O) groups is 2. The van der Waals surface area contributed by atoms with Crippen LogP contribution in [0.4, 0.5) is 0 Å². The van der Waals surface area contributed by atoms with Crippen molar-refractivity contribution in [3.63, 3.8) is 0 Å². The number of hydrogen-bond acceptors (Lipinski definition) is 18. The molecule has 0 saturated carbocycles. The van der Waals surface area contributed by atoms with Crippen LogP contribution in [0.2, 0.25) is 0 Å². The Morgan fingerprint density at radius 3 is 0.886 bits per heavy atom. The fourth-order valence-electron chi connectivity index (χ4n) is 1.32. The standard InChI is InChI=1S/2C6H12O7.Fe.3Na.H3O4P/c2*7-1-2(8)3(9)4(10)5(11)6(12)13;;;;;1-5(2,3)4/h2*2-5,7-11H,1H2,(H,12,13);;;;;(H3,1,2,3,4)/q;;+2;3*+1;/p-5/t2*2-,3-,4+,5-;;;;;/m11...../s1. The molecule has 0 fully saturated rings. The fraction of sp³-hybridized carbons (Fsp3) is 0.833. The topological polar surface area (TPSA) is 369 Å². The predicted octanol–water partition coefficient (Wildman–Crippen LogP) is -21.5. The molecule has 23 heteroatoms. The van der Waals surface area contributed by atoms with Gasteiger partial charge in [-0.1, -0.05) is 0 Å². The van der Waals surface area contributed by atoms with Crippen molar-refractivity contribution in [2.45, 2.75) is 48.8 Å². The molecule has 0 aliphatic carbocycles. The summed E-state index contributed by atoms with van der Waals surface area (Å²) >= 11 is 0. The molecule has 18 nitrogen and oxygen atoms in total.